The van der Waals surface area contributed by atoms with E-state index in [0.717, 1.165) is 48.9 Å². The van der Waals surface area contributed by atoms with Gasteiger partial charge < -0.3 is 15.7 Å². The van der Waals surface area contributed by atoms with E-state index < -0.39 is 5.97 Å². The quantitative estimate of drug-likeness (QED) is 0.336. The molecule has 1 saturated carbocycles. The summed E-state index contributed by atoms with van der Waals surface area (Å²) in [7, 11) is 0. The number of benzene rings is 2. The Bertz CT molecular complexity index is 1070. The van der Waals surface area contributed by atoms with Crippen molar-refractivity contribution in [1.82, 2.24) is 5.32 Å². The Morgan fingerprint density at radius 1 is 1.03 bits per heavy atom. The van der Waals surface area contributed by atoms with Gasteiger partial charge in [0.1, 0.15) is 0 Å². The highest BCUT2D eigenvalue weighted by atomic mass is 16.4. The monoisotopic (exact) mass is 506 g/mol. The second-order valence-electron chi connectivity index (χ2n) is 11.2. The van der Waals surface area contributed by atoms with Crippen molar-refractivity contribution in [3.63, 3.8) is 0 Å². The number of hydrogen-bond acceptors (Lipinski definition) is 3. The van der Waals surface area contributed by atoms with E-state index in [0.29, 0.717) is 29.2 Å². The van der Waals surface area contributed by atoms with E-state index in [9.17, 15) is 14.4 Å². The summed E-state index contributed by atoms with van der Waals surface area (Å²) in [6, 6.07) is 15.2. The van der Waals surface area contributed by atoms with Crippen molar-refractivity contribution in [2.75, 3.05) is 11.9 Å². The van der Waals surface area contributed by atoms with Crippen molar-refractivity contribution in [2.24, 2.45) is 23.2 Å². The summed E-state index contributed by atoms with van der Waals surface area (Å²) in [5.41, 5.74) is 3.75. The smallest absolute Gasteiger partial charge is 0.305 e. The fraction of sp³-hybridized carbons (Fsp3) is 0.516. The number of carboxylic acids is 1. The normalized spacial score (nSPS) is 18.6. The topological polar surface area (TPSA) is 95.5 Å². The van der Waals surface area contributed by atoms with Crippen LogP contribution < -0.4 is 10.6 Å². The Morgan fingerprint density at radius 2 is 1.70 bits per heavy atom. The molecule has 0 spiro atoms. The lowest BCUT2D eigenvalue weighted by Crippen LogP contribution is -2.36. The van der Waals surface area contributed by atoms with Crippen molar-refractivity contribution in [1.29, 1.82) is 0 Å². The molecule has 200 valence electrons. The Balaban J connectivity index is 1.72. The molecule has 0 radical (unpaired) electrons. The zero-order chi connectivity index (χ0) is 27.0. The first-order valence-corrected chi connectivity index (χ1v) is 13.6. The number of hydrogen-bond donors (Lipinski definition) is 3. The molecule has 1 unspecified atom stereocenters. The summed E-state index contributed by atoms with van der Waals surface area (Å²) in [4.78, 5) is 36.6. The van der Waals surface area contributed by atoms with Gasteiger partial charge in [0.15, 0.2) is 0 Å². The molecule has 0 aromatic heterocycles. The molecule has 2 amide bonds. The molecule has 6 nitrogen and oxygen atoms in total. The van der Waals surface area contributed by atoms with Crippen LogP contribution in [0.25, 0.3) is 0 Å². The molecule has 3 rings (SSSR count). The van der Waals surface area contributed by atoms with E-state index in [1.165, 1.54) is 0 Å². The fourth-order valence-corrected chi connectivity index (χ4v) is 5.45. The van der Waals surface area contributed by atoms with E-state index in [-0.39, 0.29) is 30.7 Å². The van der Waals surface area contributed by atoms with E-state index in [4.69, 9.17) is 5.11 Å². The van der Waals surface area contributed by atoms with E-state index in [2.05, 4.69) is 31.4 Å². The first-order chi connectivity index (χ1) is 17.6. The van der Waals surface area contributed by atoms with Crippen LogP contribution in [-0.2, 0) is 16.0 Å². The molecule has 1 aliphatic rings. The predicted molar refractivity (Wildman–Crippen MR) is 148 cm³/mol. The summed E-state index contributed by atoms with van der Waals surface area (Å²) >= 11 is 0. The number of nitrogens with one attached hydrogen (secondary N) is 2. The molecule has 1 aliphatic carbocycles. The summed E-state index contributed by atoms with van der Waals surface area (Å²) < 4.78 is 0. The van der Waals surface area contributed by atoms with Crippen LogP contribution in [0.4, 0.5) is 5.69 Å². The van der Waals surface area contributed by atoms with Gasteiger partial charge in [-0.15, -0.1) is 0 Å². The maximum Gasteiger partial charge on any atom is 0.305 e. The molecule has 0 heterocycles. The zero-order valence-electron chi connectivity index (χ0n) is 22.7. The number of carbonyl (C=O) groups excluding carboxylic acids is 2. The molecular formula is C31H42N2O4. The second kappa shape index (κ2) is 12.9. The molecule has 1 atom stereocenters. The Hall–Kier alpha value is -3.15. The Kier molecular flexibility index (Phi) is 9.90. The van der Waals surface area contributed by atoms with Gasteiger partial charge in [-0.25, -0.2) is 0 Å². The molecule has 1 fully saturated rings. The lowest BCUT2D eigenvalue weighted by atomic mass is 9.65. The third kappa shape index (κ3) is 8.17. The SMILES string of the molecule is CCC(C)(C)C1CCC(C(Cc2ccc(C(=O)NCCC(=O)O)cc2)C(=O)Nc2cccc(C)c2)CC1. The van der Waals surface area contributed by atoms with Gasteiger partial charge in [0, 0.05) is 23.7 Å². The average molecular weight is 507 g/mol. The van der Waals surface area contributed by atoms with Crippen LogP contribution >= 0.6 is 0 Å². The molecule has 3 N–H and O–H groups in total. The molecule has 0 saturated heterocycles. The van der Waals surface area contributed by atoms with Gasteiger partial charge >= 0.3 is 5.97 Å². The van der Waals surface area contributed by atoms with Gasteiger partial charge in [-0.1, -0.05) is 51.5 Å². The van der Waals surface area contributed by atoms with Crippen molar-refractivity contribution in [3.05, 3.63) is 65.2 Å². The van der Waals surface area contributed by atoms with Crippen LogP contribution in [0.2, 0.25) is 0 Å². The summed E-state index contributed by atoms with van der Waals surface area (Å²) in [5.74, 6) is -0.335. The van der Waals surface area contributed by atoms with Crippen LogP contribution in [0.5, 0.6) is 0 Å². The molecule has 37 heavy (non-hydrogen) atoms. The second-order valence-corrected chi connectivity index (χ2v) is 11.2. The van der Waals surface area contributed by atoms with Gasteiger partial charge in [-0.2, -0.15) is 0 Å². The predicted octanol–water partition coefficient (Wildman–Crippen LogP) is 6.24. The first-order valence-electron chi connectivity index (χ1n) is 13.6. The third-order valence-corrected chi connectivity index (χ3v) is 8.28. The zero-order valence-corrected chi connectivity index (χ0v) is 22.7. The Labute approximate surface area is 221 Å². The number of rotatable bonds is 11. The molecule has 2 aromatic rings. The lowest BCUT2D eigenvalue weighted by molar-refractivity contribution is -0.136. The van der Waals surface area contributed by atoms with E-state index >= 15 is 0 Å². The van der Waals surface area contributed by atoms with Crippen LogP contribution in [0, 0.1) is 30.1 Å². The lowest BCUT2D eigenvalue weighted by Gasteiger charge is -2.40. The van der Waals surface area contributed by atoms with Gasteiger partial charge in [0.2, 0.25) is 5.91 Å². The summed E-state index contributed by atoms with van der Waals surface area (Å²) in [6.07, 6.45) is 6.05. The summed E-state index contributed by atoms with van der Waals surface area (Å²) in [6.45, 7) is 9.09. The van der Waals surface area contributed by atoms with Crippen LogP contribution in [-0.4, -0.2) is 29.4 Å². The minimum Gasteiger partial charge on any atom is -0.481 e. The first kappa shape index (κ1) is 28.4. The van der Waals surface area contributed by atoms with Crippen molar-refractivity contribution < 1.29 is 19.5 Å². The van der Waals surface area contributed by atoms with Gasteiger partial charge in [0.25, 0.3) is 5.91 Å². The maximum absolute atomic E-state index is 13.6. The minimum atomic E-state index is -0.946. The van der Waals surface area contributed by atoms with Crippen LogP contribution in [0.1, 0.15) is 80.8 Å². The third-order valence-electron chi connectivity index (χ3n) is 8.28. The molecular weight excluding hydrogens is 464 g/mol. The van der Waals surface area contributed by atoms with Crippen molar-refractivity contribution in [3.8, 4) is 0 Å². The summed E-state index contributed by atoms with van der Waals surface area (Å²) in [5, 5.41) is 14.6. The molecule has 2 aromatic carbocycles. The molecule has 0 bridgehead atoms. The number of aryl methyl sites for hydroxylation is 1. The Morgan fingerprint density at radius 3 is 2.30 bits per heavy atom. The maximum atomic E-state index is 13.6. The standard InChI is InChI=1S/C31H42N2O4/c1-5-31(3,4)25-15-13-23(14-16-25)27(30(37)33-26-8-6-7-21(2)19-26)20-22-9-11-24(12-10-22)29(36)32-18-17-28(34)35/h6-12,19,23,25,27H,5,13-18,20H2,1-4H3,(H,32,36)(H,33,37)(H,34,35). The fourth-order valence-electron chi connectivity index (χ4n) is 5.45. The molecule has 0 aliphatic heterocycles. The number of carbonyl (C=O) groups is 3. The van der Waals surface area contributed by atoms with Crippen LogP contribution in [0.15, 0.2) is 48.5 Å². The highest BCUT2D eigenvalue weighted by Gasteiger charge is 2.36. The number of anilines is 1. The average Bonchev–Trinajstić information content (AvgIpc) is 2.87. The van der Waals surface area contributed by atoms with Crippen molar-refractivity contribution >= 4 is 23.5 Å². The highest BCUT2D eigenvalue weighted by molar-refractivity contribution is 5.94. The number of amides is 2. The number of aliphatic carboxylic acids is 1. The van der Waals surface area contributed by atoms with Gasteiger partial charge in [-0.3, -0.25) is 14.4 Å². The van der Waals surface area contributed by atoms with Gasteiger partial charge in [-0.05, 0) is 91.7 Å². The van der Waals surface area contributed by atoms with E-state index in [1.807, 2.05) is 43.3 Å². The highest BCUT2D eigenvalue weighted by Crippen LogP contribution is 2.44. The van der Waals surface area contributed by atoms with Gasteiger partial charge in [0.05, 0.1) is 6.42 Å². The number of carboxylic acid groups (broad SMARTS) is 1. The van der Waals surface area contributed by atoms with Crippen LogP contribution in [0.3, 0.4) is 0 Å². The van der Waals surface area contributed by atoms with Crippen molar-refractivity contribution in [2.45, 2.75) is 72.6 Å². The van der Waals surface area contributed by atoms with E-state index in [1.54, 1.807) is 12.1 Å². The minimum absolute atomic E-state index is 0.0549. The largest absolute Gasteiger partial charge is 0.481 e. The molecule has 6 heteroatoms.